The molecule has 1 aromatic heterocycles. The lowest BCUT2D eigenvalue weighted by atomic mass is 10.1. The van der Waals surface area contributed by atoms with Crippen LogP contribution < -0.4 is 10.1 Å². The maximum atomic E-state index is 11.3. The highest BCUT2D eigenvalue weighted by Crippen LogP contribution is 2.30. The van der Waals surface area contributed by atoms with Crippen LogP contribution in [0.25, 0.3) is 10.9 Å². The van der Waals surface area contributed by atoms with Crippen molar-refractivity contribution in [3.05, 3.63) is 54.1 Å². The van der Waals surface area contributed by atoms with Crippen molar-refractivity contribution in [2.75, 3.05) is 17.7 Å². The third-order valence-electron chi connectivity index (χ3n) is 4.61. The largest absolute Gasteiger partial charge is 0.491 e. The van der Waals surface area contributed by atoms with Gasteiger partial charge >= 0.3 is 0 Å². The third kappa shape index (κ3) is 5.25. The molecule has 1 heterocycles. The zero-order chi connectivity index (χ0) is 20.2. The van der Waals surface area contributed by atoms with Crippen molar-refractivity contribution in [1.82, 2.24) is 9.97 Å². The molecule has 29 heavy (non-hydrogen) atoms. The molecule has 1 aliphatic carbocycles. The van der Waals surface area contributed by atoms with E-state index in [-0.39, 0.29) is 12.4 Å². The van der Waals surface area contributed by atoms with E-state index in [0.29, 0.717) is 28.3 Å². The highest BCUT2D eigenvalue weighted by Gasteiger charge is 2.23. The highest BCUT2D eigenvalue weighted by atomic mass is 32.2. The van der Waals surface area contributed by atoms with E-state index in [4.69, 9.17) is 4.74 Å². The minimum absolute atomic E-state index is 0.0129. The van der Waals surface area contributed by atoms with Crippen molar-refractivity contribution in [1.29, 1.82) is 0 Å². The molecule has 1 fully saturated rings. The van der Waals surface area contributed by atoms with Crippen molar-refractivity contribution in [2.45, 2.75) is 37.1 Å². The number of ketones is 1. The fourth-order valence-electron chi connectivity index (χ4n) is 2.85. The number of hydrogen-bond acceptors (Lipinski definition) is 7. The van der Waals surface area contributed by atoms with Gasteiger partial charge in [-0.2, -0.15) is 0 Å². The summed E-state index contributed by atoms with van der Waals surface area (Å²) in [6, 6.07) is 15.4. The van der Waals surface area contributed by atoms with E-state index in [1.165, 1.54) is 31.5 Å². The Morgan fingerprint density at radius 1 is 1.21 bits per heavy atom. The SMILES string of the molecule is CC(=O)c1ccc(OCC(O)CSc2nc(NC3CC3)c3ccccc3n2)cc1. The molecule has 1 unspecified atom stereocenters. The summed E-state index contributed by atoms with van der Waals surface area (Å²) in [6.45, 7) is 1.68. The fraction of sp³-hybridized carbons (Fsp3) is 0.318. The molecular formula is C22H23N3O3S. The van der Waals surface area contributed by atoms with Crippen LogP contribution in [0.3, 0.4) is 0 Å². The molecule has 1 saturated carbocycles. The number of carbonyl (C=O) groups is 1. The number of aliphatic hydroxyl groups is 1. The molecule has 4 rings (SSSR count). The van der Waals surface area contributed by atoms with E-state index < -0.39 is 6.10 Å². The molecule has 1 atom stereocenters. The zero-order valence-corrected chi connectivity index (χ0v) is 17.0. The zero-order valence-electron chi connectivity index (χ0n) is 16.2. The highest BCUT2D eigenvalue weighted by molar-refractivity contribution is 7.99. The number of rotatable bonds is 9. The lowest BCUT2D eigenvalue weighted by Gasteiger charge is -2.13. The maximum absolute atomic E-state index is 11.3. The van der Waals surface area contributed by atoms with Crippen LogP contribution in [0.15, 0.2) is 53.7 Å². The molecule has 2 N–H and O–H groups in total. The summed E-state index contributed by atoms with van der Waals surface area (Å²) in [6.07, 6.45) is 1.68. The second-order valence-corrected chi connectivity index (χ2v) is 8.13. The number of ether oxygens (including phenoxy) is 1. The standard InChI is InChI=1S/C22H23N3O3S/c1-14(26)15-6-10-18(11-7-15)28-12-17(27)13-29-22-24-20-5-3-2-4-19(20)21(25-22)23-16-8-9-16/h2-7,10-11,16-17,27H,8-9,12-13H2,1H3,(H,23,24,25). The van der Waals surface area contributed by atoms with Gasteiger partial charge in [-0.3, -0.25) is 4.79 Å². The lowest BCUT2D eigenvalue weighted by Crippen LogP contribution is -2.20. The molecule has 0 aliphatic heterocycles. The maximum Gasteiger partial charge on any atom is 0.190 e. The summed E-state index contributed by atoms with van der Waals surface area (Å²) in [5.74, 6) is 1.92. The van der Waals surface area contributed by atoms with E-state index in [0.717, 1.165) is 16.7 Å². The average molecular weight is 410 g/mol. The van der Waals surface area contributed by atoms with Crippen LogP contribution in [-0.2, 0) is 0 Å². The van der Waals surface area contributed by atoms with Crippen molar-refractivity contribution < 1.29 is 14.6 Å². The van der Waals surface area contributed by atoms with E-state index in [1.54, 1.807) is 24.3 Å². The lowest BCUT2D eigenvalue weighted by molar-refractivity contribution is 0.101. The van der Waals surface area contributed by atoms with E-state index >= 15 is 0 Å². The van der Waals surface area contributed by atoms with Crippen molar-refractivity contribution in [2.24, 2.45) is 0 Å². The van der Waals surface area contributed by atoms with Gasteiger partial charge < -0.3 is 15.2 Å². The molecule has 6 nitrogen and oxygen atoms in total. The Bertz CT molecular complexity index is 1010. The monoisotopic (exact) mass is 409 g/mol. The predicted octanol–water partition coefficient (Wildman–Crippen LogP) is 3.94. The van der Waals surface area contributed by atoms with Gasteiger partial charge in [0.15, 0.2) is 10.9 Å². The molecule has 1 aliphatic rings. The number of nitrogens with zero attached hydrogens (tertiary/aromatic N) is 2. The molecular weight excluding hydrogens is 386 g/mol. The Balaban J connectivity index is 1.35. The first-order valence-corrected chi connectivity index (χ1v) is 10.6. The van der Waals surface area contributed by atoms with Crippen molar-refractivity contribution in [3.63, 3.8) is 0 Å². The van der Waals surface area contributed by atoms with Crippen molar-refractivity contribution >= 4 is 34.3 Å². The number of Topliss-reactive ketones (excluding diaryl/α,β-unsaturated/α-hetero) is 1. The number of anilines is 1. The molecule has 0 spiro atoms. The van der Waals surface area contributed by atoms with Gasteiger partial charge in [0.2, 0.25) is 0 Å². The van der Waals surface area contributed by atoms with Gasteiger partial charge in [-0.25, -0.2) is 9.97 Å². The first-order valence-electron chi connectivity index (χ1n) is 9.66. The Labute approximate surface area is 173 Å². The molecule has 0 radical (unpaired) electrons. The molecule has 3 aromatic rings. The minimum Gasteiger partial charge on any atom is -0.491 e. The first kappa shape index (κ1) is 19.7. The normalized spacial score (nSPS) is 14.6. The second kappa shape index (κ2) is 8.80. The number of aromatic nitrogens is 2. The number of hydrogen-bond donors (Lipinski definition) is 2. The van der Waals surface area contributed by atoms with Gasteiger partial charge in [-0.15, -0.1) is 0 Å². The number of fused-ring (bicyclic) bond motifs is 1. The summed E-state index contributed by atoms with van der Waals surface area (Å²) in [4.78, 5) is 20.6. The molecule has 7 heteroatoms. The van der Waals surface area contributed by atoms with Gasteiger partial charge in [-0.1, -0.05) is 23.9 Å². The Morgan fingerprint density at radius 2 is 1.97 bits per heavy atom. The number of thioether (sulfide) groups is 1. The Morgan fingerprint density at radius 3 is 2.69 bits per heavy atom. The van der Waals surface area contributed by atoms with Crippen LogP contribution in [0.1, 0.15) is 30.1 Å². The Hall–Kier alpha value is -2.64. The summed E-state index contributed by atoms with van der Waals surface area (Å²) >= 11 is 1.41. The second-order valence-electron chi connectivity index (χ2n) is 7.15. The third-order valence-corrected chi connectivity index (χ3v) is 5.60. The topological polar surface area (TPSA) is 84.3 Å². The van der Waals surface area contributed by atoms with Gasteiger partial charge in [0, 0.05) is 22.7 Å². The summed E-state index contributed by atoms with van der Waals surface area (Å²) in [5.41, 5.74) is 1.53. The van der Waals surface area contributed by atoms with Crippen LogP contribution >= 0.6 is 11.8 Å². The van der Waals surface area contributed by atoms with Crippen LogP contribution in [0.2, 0.25) is 0 Å². The average Bonchev–Trinajstić information content (AvgIpc) is 3.55. The minimum atomic E-state index is -0.664. The summed E-state index contributed by atoms with van der Waals surface area (Å²) in [5, 5.41) is 15.4. The quantitative estimate of drug-likeness (QED) is 0.315. The number of nitrogens with one attached hydrogen (secondary N) is 1. The van der Waals surface area contributed by atoms with E-state index in [1.807, 2.05) is 24.3 Å². The molecule has 150 valence electrons. The van der Waals surface area contributed by atoms with Crippen LogP contribution in [0, 0.1) is 0 Å². The predicted molar refractivity (Wildman–Crippen MR) is 115 cm³/mol. The molecule has 0 amide bonds. The van der Waals surface area contributed by atoms with Crippen LogP contribution in [-0.4, -0.2) is 45.4 Å². The number of benzene rings is 2. The summed E-state index contributed by atoms with van der Waals surface area (Å²) in [7, 11) is 0. The van der Waals surface area contributed by atoms with E-state index in [9.17, 15) is 9.90 Å². The fourth-order valence-corrected chi connectivity index (χ4v) is 3.60. The summed E-state index contributed by atoms with van der Waals surface area (Å²) < 4.78 is 5.62. The van der Waals surface area contributed by atoms with Gasteiger partial charge in [0.05, 0.1) is 11.6 Å². The number of aliphatic hydroxyl groups excluding tert-OH is 1. The van der Waals surface area contributed by atoms with Crippen molar-refractivity contribution in [3.8, 4) is 5.75 Å². The molecule has 0 bridgehead atoms. The molecule has 2 aromatic carbocycles. The van der Waals surface area contributed by atoms with Gasteiger partial charge in [-0.05, 0) is 56.2 Å². The van der Waals surface area contributed by atoms with Crippen LogP contribution in [0.4, 0.5) is 5.82 Å². The first-order chi connectivity index (χ1) is 14.1. The van der Waals surface area contributed by atoms with E-state index in [2.05, 4.69) is 15.3 Å². The van der Waals surface area contributed by atoms with Gasteiger partial charge in [0.25, 0.3) is 0 Å². The number of carbonyl (C=O) groups excluding carboxylic acids is 1. The van der Waals surface area contributed by atoms with Gasteiger partial charge in [0.1, 0.15) is 18.2 Å². The number of para-hydroxylation sites is 1. The smallest absolute Gasteiger partial charge is 0.190 e. The van der Waals surface area contributed by atoms with Crippen LogP contribution in [0.5, 0.6) is 5.75 Å². The molecule has 0 saturated heterocycles. The Kier molecular flexibility index (Phi) is 5.97.